The summed E-state index contributed by atoms with van der Waals surface area (Å²) in [5, 5.41) is 45.2. The molecule has 0 aromatic heterocycles. The zero-order valence-electron chi connectivity index (χ0n) is 21.7. The molecule has 6 atom stereocenters. The Bertz CT molecular complexity index is 1350. The molecule has 4 aliphatic rings. The van der Waals surface area contributed by atoms with Crippen LogP contribution in [0, 0.1) is 11.8 Å². The third-order valence-electron chi connectivity index (χ3n) is 9.09. The van der Waals surface area contributed by atoms with Crippen molar-refractivity contribution in [2.75, 3.05) is 21.1 Å². The number of Topliss-reactive ketones (excluding diaryl/α,β-unsaturated/α-hetero) is 2. The van der Waals surface area contributed by atoms with Gasteiger partial charge in [0.25, 0.3) is 5.91 Å². The van der Waals surface area contributed by atoms with Crippen LogP contribution in [0.4, 0.5) is 0 Å². The molecule has 1 saturated heterocycles. The van der Waals surface area contributed by atoms with Crippen molar-refractivity contribution in [1.29, 1.82) is 0 Å². The minimum absolute atomic E-state index is 0.0213. The molecule has 11 heteroatoms. The Labute approximate surface area is 225 Å². The topological polar surface area (TPSA) is 165 Å². The van der Waals surface area contributed by atoms with Gasteiger partial charge in [0.15, 0.2) is 11.4 Å². The molecule has 1 aromatic carbocycles. The molecule has 10 nitrogen and oxygen atoms in total. The van der Waals surface area contributed by atoms with Gasteiger partial charge in [0.2, 0.25) is 5.78 Å². The van der Waals surface area contributed by atoms with E-state index in [4.69, 9.17) is 17.3 Å². The molecule has 2 unspecified atom stereocenters. The summed E-state index contributed by atoms with van der Waals surface area (Å²) in [6.07, 6.45) is 1.99. The van der Waals surface area contributed by atoms with Gasteiger partial charge in [-0.3, -0.25) is 24.2 Å². The minimum Gasteiger partial charge on any atom is -0.510 e. The van der Waals surface area contributed by atoms with Crippen molar-refractivity contribution in [3.05, 3.63) is 50.4 Å². The van der Waals surface area contributed by atoms with Crippen LogP contribution in [0.15, 0.2) is 28.7 Å². The number of fused-ring (bicyclic) bond motifs is 3. The number of halogens is 1. The molecule has 1 aliphatic heterocycles. The summed E-state index contributed by atoms with van der Waals surface area (Å²) in [6.45, 7) is 2.11. The van der Waals surface area contributed by atoms with Crippen molar-refractivity contribution in [3.8, 4) is 5.75 Å². The number of rotatable bonds is 3. The van der Waals surface area contributed by atoms with E-state index in [2.05, 4.69) is 11.8 Å². The maximum Gasteiger partial charge on any atom is 0.255 e. The fourth-order valence-corrected chi connectivity index (χ4v) is 7.40. The maximum absolute atomic E-state index is 13.8. The van der Waals surface area contributed by atoms with E-state index in [0.29, 0.717) is 16.6 Å². The van der Waals surface area contributed by atoms with Gasteiger partial charge in [0, 0.05) is 28.6 Å². The van der Waals surface area contributed by atoms with E-state index in [-0.39, 0.29) is 35.8 Å². The predicted octanol–water partition coefficient (Wildman–Crippen LogP) is 1.93. The van der Waals surface area contributed by atoms with E-state index in [1.54, 1.807) is 14.1 Å². The highest BCUT2D eigenvalue weighted by Crippen LogP contribution is 2.54. The number of nitrogens with two attached hydrogens (primary N) is 1. The van der Waals surface area contributed by atoms with Gasteiger partial charge in [0.05, 0.1) is 11.6 Å². The molecule has 1 fully saturated rings. The number of likely N-dealkylation sites (N-methyl/N-ethyl adjacent to an activating group) is 1. The van der Waals surface area contributed by atoms with Gasteiger partial charge in [-0.2, -0.15) is 0 Å². The summed E-state index contributed by atoms with van der Waals surface area (Å²) < 4.78 is 0. The minimum atomic E-state index is -2.66. The zero-order chi connectivity index (χ0) is 28.0. The lowest BCUT2D eigenvalue weighted by atomic mass is 9.58. The van der Waals surface area contributed by atoms with Crippen LogP contribution in [0.25, 0.3) is 0 Å². The van der Waals surface area contributed by atoms with E-state index in [9.17, 15) is 34.8 Å². The Morgan fingerprint density at radius 3 is 2.42 bits per heavy atom. The molecule has 0 radical (unpaired) electrons. The van der Waals surface area contributed by atoms with E-state index in [0.717, 1.165) is 18.4 Å². The zero-order valence-corrected chi connectivity index (χ0v) is 22.4. The second-order valence-corrected chi connectivity index (χ2v) is 11.6. The van der Waals surface area contributed by atoms with Gasteiger partial charge in [-0.15, -0.1) is 0 Å². The Kier molecular flexibility index (Phi) is 6.18. The Morgan fingerprint density at radius 2 is 1.87 bits per heavy atom. The third kappa shape index (κ3) is 3.40. The molecular formula is C27H32ClN3O7. The van der Waals surface area contributed by atoms with Crippen molar-refractivity contribution in [3.63, 3.8) is 0 Å². The second-order valence-electron chi connectivity index (χ2n) is 11.2. The number of allylic oxidation sites excluding steroid dienone is 1. The molecule has 0 saturated carbocycles. The Balaban J connectivity index is 1.68. The van der Waals surface area contributed by atoms with Gasteiger partial charge in [-0.05, 0) is 76.9 Å². The third-order valence-corrected chi connectivity index (χ3v) is 9.53. The highest BCUT2D eigenvalue weighted by Gasteiger charge is 2.63. The standard InChI is InChI=1S/C27H32ClN3O7/c1-10-5-6-15(31(10)4)12-9-16(32)18-13(20(12)28)7-11-8-14-21(30(2)3)23(34)19(26(29)37)25(36)27(14,38)24(35)17(11)22(18)33/h9-11,14-15,21,32,34-35,38H,5-8H2,1-4H3,(H2,29,37)/t10?,11-,14-,15?,21-,27-/m0/s1. The number of carbonyl (C=O) groups is 3. The van der Waals surface area contributed by atoms with E-state index >= 15 is 0 Å². The van der Waals surface area contributed by atoms with Gasteiger partial charge in [-0.1, -0.05) is 11.6 Å². The number of amides is 1. The molecule has 1 amide bonds. The van der Waals surface area contributed by atoms with Crippen molar-refractivity contribution in [2.45, 2.75) is 56.3 Å². The Morgan fingerprint density at radius 1 is 1.21 bits per heavy atom. The lowest BCUT2D eigenvalue weighted by Crippen LogP contribution is -2.63. The molecular weight excluding hydrogens is 514 g/mol. The molecule has 38 heavy (non-hydrogen) atoms. The van der Waals surface area contributed by atoms with Crippen LogP contribution >= 0.6 is 11.6 Å². The van der Waals surface area contributed by atoms with Gasteiger partial charge < -0.3 is 26.2 Å². The van der Waals surface area contributed by atoms with Crippen LogP contribution in [0.1, 0.15) is 53.7 Å². The number of primary amides is 1. The number of phenolic OH excluding ortho intramolecular Hbond substituents is 1. The average molecular weight is 546 g/mol. The van der Waals surface area contributed by atoms with Crippen LogP contribution in [0.2, 0.25) is 5.02 Å². The van der Waals surface area contributed by atoms with Gasteiger partial charge >= 0.3 is 0 Å². The first-order chi connectivity index (χ1) is 17.7. The molecule has 0 spiro atoms. The number of nitrogens with zero attached hydrogens (tertiary/aromatic N) is 2. The number of aliphatic hydroxyl groups excluding tert-OH is 2. The van der Waals surface area contributed by atoms with Crippen LogP contribution in [-0.2, 0) is 16.0 Å². The molecule has 0 bridgehead atoms. The number of benzene rings is 1. The fourth-order valence-electron chi connectivity index (χ4n) is 7.05. The number of aromatic hydroxyl groups is 1. The maximum atomic E-state index is 13.8. The number of hydrogen-bond acceptors (Lipinski definition) is 9. The summed E-state index contributed by atoms with van der Waals surface area (Å²) in [4.78, 5) is 42.9. The average Bonchev–Trinajstić information content (AvgIpc) is 3.16. The van der Waals surface area contributed by atoms with Gasteiger partial charge in [-0.25, -0.2) is 0 Å². The number of ketones is 2. The fraction of sp³-hybridized carbons (Fsp3) is 0.519. The van der Waals surface area contributed by atoms with Gasteiger partial charge in [0.1, 0.15) is 22.8 Å². The monoisotopic (exact) mass is 545 g/mol. The summed E-state index contributed by atoms with van der Waals surface area (Å²) in [7, 11) is 5.17. The number of phenols is 1. The highest BCUT2D eigenvalue weighted by atomic mass is 35.5. The SMILES string of the molecule is CC1CCC(c2cc(O)c3c(c2Cl)C[C@H]2C[C@H]4[C@H](N(C)C)C(O)=C(C(N)=O)C(=O)[C@@]4(O)C(O)=C2C3=O)N1C. The van der Waals surface area contributed by atoms with E-state index in [1.807, 2.05) is 7.05 Å². The lowest BCUT2D eigenvalue weighted by molar-refractivity contribution is -0.148. The van der Waals surface area contributed by atoms with Crippen LogP contribution in [-0.4, -0.2) is 86.5 Å². The number of aliphatic hydroxyl groups is 3. The van der Waals surface area contributed by atoms with Crippen molar-refractivity contribution in [1.82, 2.24) is 9.80 Å². The van der Waals surface area contributed by atoms with Crippen molar-refractivity contribution < 1.29 is 34.8 Å². The van der Waals surface area contributed by atoms with E-state index in [1.165, 1.54) is 11.0 Å². The summed E-state index contributed by atoms with van der Waals surface area (Å²) >= 11 is 6.89. The summed E-state index contributed by atoms with van der Waals surface area (Å²) in [5.41, 5.74) is 2.76. The first kappa shape index (κ1) is 26.7. The summed E-state index contributed by atoms with van der Waals surface area (Å²) in [6, 6.07) is 0.741. The largest absolute Gasteiger partial charge is 0.510 e. The molecule has 3 aliphatic carbocycles. The molecule has 1 aromatic rings. The quantitative estimate of drug-likeness (QED) is 0.357. The number of carbonyl (C=O) groups excluding carboxylic acids is 3. The molecule has 5 rings (SSSR count). The summed E-state index contributed by atoms with van der Waals surface area (Å²) in [5.74, 6) is -6.77. The molecule has 204 valence electrons. The number of hydrogen-bond donors (Lipinski definition) is 5. The smallest absolute Gasteiger partial charge is 0.255 e. The van der Waals surface area contributed by atoms with Crippen LogP contribution in [0.5, 0.6) is 5.75 Å². The molecule has 1 heterocycles. The molecule has 6 N–H and O–H groups in total. The number of likely N-dealkylation sites (tertiary alicyclic amines) is 1. The Hall–Kier alpha value is -2.92. The first-order valence-electron chi connectivity index (χ1n) is 12.6. The van der Waals surface area contributed by atoms with E-state index < -0.39 is 58.0 Å². The van der Waals surface area contributed by atoms with Crippen LogP contribution in [0.3, 0.4) is 0 Å². The van der Waals surface area contributed by atoms with Crippen molar-refractivity contribution >= 4 is 29.1 Å². The van der Waals surface area contributed by atoms with Crippen molar-refractivity contribution in [2.24, 2.45) is 17.6 Å². The van der Waals surface area contributed by atoms with Crippen LogP contribution < -0.4 is 5.73 Å². The first-order valence-corrected chi connectivity index (χ1v) is 13.0. The normalized spacial score (nSPS) is 33.5. The predicted molar refractivity (Wildman–Crippen MR) is 138 cm³/mol. The lowest BCUT2D eigenvalue weighted by Gasteiger charge is -2.50. The highest BCUT2D eigenvalue weighted by molar-refractivity contribution is 6.33. The second kappa shape index (κ2) is 8.81.